The number of pyridine rings is 1. The lowest BCUT2D eigenvalue weighted by Gasteiger charge is -2.05. The standard InChI is InChI=1S/C12H13ClN2O3/c1-12(2)8(9(12)11(17)18)10(16)15-6-3-4-7(13)14-5-6/h3-5,8-9H,1-2H3,(H,15,16)(H,17,18)/t8-,9-/m0/s1. The van der Waals surface area contributed by atoms with Crippen LogP contribution in [-0.4, -0.2) is 22.0 Å². The first-order valence-electron chi connectivity index (χ1n) is 5.49. The van der Waals surface area contributed by atoms with Crippen molar-refractivity contribution in [1.29, 1.82) is 0 Å². The Labute approximate surface area is 109 Å². The molecule has 6 heteroatoms. The van der Waals surface area contributed by atoms with E-state index in [1.54, 1.807) is 26.0 Å². The smallest absolute Gasteiger partial charge is 0.307 e. The summed E-state index contributed by atoms with van der Waals surface area (Å²) < 4.78 is 0. The quantitative estimate of drug-likeness (QED) is 0.822. The lowest BCUT2D eigenvalue weighted by molar-refractivity contribution is -0.140. The number of nitrogens with zero attached hydrogens (tertiary/aromatic N) is 1. The molecule has 0 unspecified atom stereocenters. The molecule has 0 bridgehead atoms. The maximum atomic E-state index is 12.0. The predicted octanol–water partition coefficient (Wildman–Crippen LogP) is 2.03. The molecule has 0 spiro atoms. The highest BCUT2D eigenvalue weighted by Crippen LogP contribution is 2.58. The number of hydrogen-bond acceptors (Lipinski definition) is 3. The van der Waals surface area contributed by atoms with E-state index in [9.17, 15) is 9.59 Å². The van der Waals surface area contributed by atoms with Crippen molar-refractivity contribution in [3.8, 4) is 0 Å². The van der Waals surface area contributed by atoms with Crippen molar-refractivity contribution in [1.82, 2.24) is 4.98 Å². The van der Waals surface area contributed by atoms with Gasteiger partial charge in [-0.05, 0) is 17.5 Å². The molecule has 1 aliphatic rings. The lowest BCUT2D eigenvalue weighted by Crippen LogP contribution is -2.17. The average Bonchev–Trinajstić information content (AvgIpc) is 2.85. The molecule has 18 heavy (non-hydrogen) atoms. The third-order valence-electron chi connectivity index (χ3n) is 3.37. The Morgan fingerprint density at radius 3 is 2.50 bits per heavy atom. The average molecular weight is 269 g/mol. The van der Waals surface area contributed by atoms with Gasteiger partial charge in [-0.2, -0.15) is 0 Å². The lowest BCUT2D eigenvalue weighted by atomic mass is 10.1. The summed E-state index contributed by atoms with van der Waals surface area (Å²) in [5.74, 6) is -2.37. The molecular formula is C12H13ClN2O3. The van der Waals surface area contributed by atoms with E-state index in [0.29, 0.717) is 10.8 Å². The number of carboxylic acids is 1. The largest absolute Gasteiger partial charge is 0.481 e. The van der Waals surface area contributed by atoms with Crippen LogP contribution in [0.4, 0.5) is 5.69 Å². The van der Waals surface area contributed by atoms with Crippen LogP contribution in [0.5, 0.6) is 0 Å². The van der Waals surface area contributed by atoms with Crippen LogP contribution in [0, 0.1) is 17.3 Å². The Balaban J connectivity index is 2.06. The summed E-state index contributed by atoms with van der Waals surface area (Å²) in [5, 5.41) is 12.0. The van der Waals surface area contributed by atoms with E-state index in [4.69, 9.17) is 16.7 Å². The van der Waals surface area contributed by atoms with Gasteiger partial charge in [-0.25, -0.2) is 4.98 Å². The van der Waals surface area contributed by atoms with Gasteiger partial charge in [0.25, 0.3) is 0 Å². The number of amides is 1. The highest BCUT2D eigenvalue weighted by Gasteiger charge is 2.65. The van der Waals surface area contributed by atoms with Crippen LogP contribution in [0.3, 0.4) is 0 Å². The van der Waals surface area contributed by atoms with Crippen LogP contribution in [0.1, 0.15) is 13.8 Å². The third kappa shape index (κ3) is 2.18. The van der Waals surface area contributed by atoms with E-state index in [0.717, 1.165) is 0 Å². The number of carbonyl (C=O) groups excluding carboxylic acids is 1. The molecule has 1 saturated carbocycles. The van der Waals surface area contributed by atoms with Crippen molar-refractivity contribution in [3.63, 3.8) is 0 Å². The van der Waals surface area contributed by atoms with E-state index in [1.165, 1.54) is 6.20 Å². The van der Waals surface area contributed by atoms with E-state index in [1.807, 2.05) is 0 Å². The minimum absolute atomic E-state index is 0.295. The normalized spacial score (nSPS) is 24.4. The first kappa shape index (κ1) is 12.8. The first-order chi connectivity index (χ1) is 8.34. The Morgan fingerprint density at radius 1 is 1.39 bits per heavy atom. The third-order valence-corrected chi connectivity index (χ3v) is 3.59. The van der Waals surface area contributed by atoms with E-state index in [-0.39, 0.29) is 5.91 Å². The molecule has 0 radical (unpaired) electrons. The molecule has 5 nitrogen and oxygen atoms in total. The van der Waals surface area contributed by atoms with Crippen molar-refractivity contribution in [2.75, 3.05) is 5.32 Å². The number of anilines is 1. The van der Waals surface area contributed by atoms with Crippen molar-refractivity contribution in [2.45, 2.75) is 13.8 Å². The zero-order valence-corrected chi connectivity index (χ0v) is 10.7. The van der Waals surface area contributed by atoms with Crippen LogP contribution >= 0.6 is 11.6 Å². The second-order valence-electron chi connectivity index (χ2n) is 4.97. The molecule has 2 atom stereocenters. The van der Waals surface area contributed by atoms with E-state index < -0.39 is 23.2 Å². The summed E-state index contributed by atoms with van der Waals surface area (Å²) in [6, 6.07) is 3.18. The molecule has 96 valence electrons. The highest BCUT2D eigenvalue weighted by atomic mass is 35.5. The second-order valence-corrected chi connectivity index (χ2v) is 5.36. The molecule has 1 fully saturated rings. The molecule has 1 heterocycles. The summed E-state index contributed by atoms with van der Waals surface area (Å²) in [4.78, 5) is 26.8. The Bertz CT molecular complexity index is 499. The molecule has 1 aliphatic carbocycles. The fourth-order valence-electron chi connectivity index (χ4n) is 2.26. The number of aliphatic carboxylic acids is 1. The van der Waals surface area contributed by atoms with Crippen molar-refractivity contribution in [2.24, 2.45) is 17.3 Å². The molecule has 0 aromatic carbocycles. The topological polar surface area (TPSA) is 79.3 Å². The molecular weight excluding hydrogens is 256 g/mol. The van der Waals surface area contributed by atoms with Gasteiger partial charge in [-0.1, -0.05) is 25.4 Å². The number of nitrogens with one attached hydrogen (secondary N) is 1. The van der Waals surface area contributed by atoms with Gasteiger partial charge < -0.3 is 10.4 Å². The Morgan fingerprint density at radius 2 is 2.06 bits per heavy atom. The van der Waals surface area contributed by atoms with Gasteiger partial charge in [0.05, 0.1) is 23.7 Å². The number of carbonyl (C=O) groups is 2. The minimum Gasteiger partial charge on any atom is -0.481 e. The van der Waals surface area contributed by atoms with Crippen LogP contribution in [0.15, 0.2) is 18.3 Å². The first-order valence-corrected chi connectivity index (χ1v) is 5.87. The number of carboxylic acid groups (broad SMARTS) is 1. The molecule has 2 rings (SSSR count). The zero-order valence-electron chi connectivity index (χ0n) is 9.98. The van der Waals surface area contributed by atoms with E-state index >= 15 is 0 Å². The Kier molecular flexibility index (Phi) is 3.02. The van der Waals surface area contributed by atoms with Gasteiger partial charge >= 0.3 is 5.97 Å². The van der Waals surface area contributed by atoms with Gasteiger partial charge in [-0.15, -0.1) is 0 Å². The number of halogens is 1. The van der Waals surface area contributed by atoms with Gasteiger partial charge in [-0.3, -0.25) is 9.59 Å². The maximum absolute atomic E-state index is 12.0. The van der Waals surface area contributed by atoms with Gasteiger partial charge in [0.1, 0.15) is 5.15 Å². The maximum Gasteiger partial charge on any atom is 0.307 e. The van der Waals surface area contributed by atoms with E-state index in [2.05, 4.69) is 10.3 Å². The van der Waals surface area contributed by atoms with Crippen molar-refractivity contribution < 1.29 is 14.7 Å². The molecule has 2 N–H and O–H groups in total. The molecule has 0 aliphatic heterocycles. The fourth-order valence-corrected chi connectivity index (χ4v) is 2.37. The summed E-state index contributed by atoms with van der Waals surface area (Å²) in [7, 11) is 0. The number of aromatic nitrogens is 1. The highest BCUT2D eigenvalue weighted by molar-refractivity contribution is 6.29. The number of hydrogen-bond donors (Lipinski definition) is 2. The van der Waals surface area contributed by atoms with Gasteiger partial charge in [0.2, 0.25) is 5.91 Å². The zero-order chi connectivity index (χ0) is 13.5. The van der Waals surface area contributed by atoms with Crippen LogP contribution in [0.2, 0.25) is 5.15 Å². The summed E-state index contributed by atoms with van der Waals surface area (Å²) in [6.07, 6.45) is 1.44. The monoisotopic (exact) mass is 268 g/mol. The summed E-state index contributed by atoms with van der Waals surface area (Å²) in [5.41, 5.74) is 0.00621. The summed E-state index contributed by atoms with van der Waals surface area (Å²) >= 11 is 5.63. The van der Waals surface area contributed by atoms with Crippen LogP contribution in [0.25, 0.3) is 0 Å². The second kappa shape index (κ2) is 4.24. The molecule has 0 saturated heterocycles. The van der Waals surface area contributed by atoms with Crippen molar-refractivity contribution in [3.05, 3.63) is 23.5 Å². The summed E-state index contributed by atoms with van der Waals surface area (Å²) in [6.45, 7) is 3.55. The minimum atomic E-state index is -0.936. The van der Waals surface area contributed by atoms with Crippen molar-refractivity contribution >= 4 is 29.2 Å². The molecule has 1 amide bonds. The molecule has 1 aromatic rings. The van der Waals surface area contributed by atoms with Crippen LogP contribution < -0.4 is 5.32 Å². The Hall–Kier alpha value is -1.62. The number of rotatable bonds is 3. The fraction of sp³-hybridized carbons (Fsp3) is 0.417. The van der Waals surface area contributed by atoms with Crippen LogP contribution in [-0.2, 0) is 9.59 Å². The van der Waals surface area contributed by atoms with Gasteiger partial charge in [0.15, 0.2) is 0 Å². The molecule has 1 aromatic heterocycles. The predicted molar refractivity (Wildman–Crippen MR) is 66.3 cm³/mol. The SMILES string of the molecule is CC1(C)[C@H](C(=O)O)[C@H]1C(=O)Nc1ccc(Cl)nc1. The van der Waals surface area contributed by atoms with Gasteiger partial charge in [0, 0.05) is 0 Å².